The van der Waals surface area contributed by atoms with Crippen LogP contribution in [0, 0.1) is 5.92 Å². The fourth-order valence-corrected chi connectivity index (χ4v) is 2.87. The fourth-order valence-electron chi connectivity index (χ4n) is 2.56. The Bertz CT molecular complexity index is 427. The van der Waals surface area contributed by atoms with E-state index < -0.39 is 0 Å². The summed E-state index contributed by atoms with van der Waals surface area (Å²) in [6.07, 6.45) is 3.90. The molecule has 1 aliphatic carbocycles. The Morgan fingerprint density at radius 3 is 2.70 bits per heavy atom. The van der Waals surface area contributed by atoms with Crippen molar-refractivity contribution < 1.29 is 0 Å². The van der Waals surface area contributed by atoms with Crippen LogP contribution in [0.5, 0.6) is 0 Å². The summed E-state index contributed by atoms with van der Waals surface area (Å²) < 4.78 is 0. The van der Waals surface area contributed by atoms with Gasteiger partial charge in [-0.15, -0.1) is 0 Å². The van der Waals surface area contributed by atoms with Crippen molar-refractivity contribution in [2.24, 2.45) is 5.92 Å². The second-order valence-corrected chi connectivity index (χ2v) is 6.52. The average Bonchev–Trinajstić information content (AvgIpc) is 3.21. The topological polar surface area (TPSA) is 15.3 Å². The van der Waals surface area contributed by atoms with Crippen molar-refractivity contribution in [3.63, 3.8) is 0 Å². The number of hydrogen-bond acceptors (Lipinski definition) is 2. The molecule has 0 heterocycles. The molecule has 1 N–H and O–H groups in total. The van der Waals surface area contributed by atoms with Gasteiger partial charge in [-0.3, -0.25) is 0 Å². The monoisotopic (exact) mass is 294 g/mol. The fraction of sp³-hybridized carbons (Fsp3) is 0.647. The van der Waals surface area contributed by atoms with E-state index in [1.54, 1.807) is 0 Å². The Labute approximate surface area is 128 Å². The van der Waals surface area contributed by atoms with Gasteiger partial charge in [-0.25, -0.2) is 0 Å². The largest absolute Gasteiger partial charge is 0.367 e. The molecule has 0 saturated heterocycles. The maximum atomic E-state index is 6.52. The third-order valence-corrected chi connectivity index (χ3v) is 4.18. The number of para-hydroxylation sites is 1. The zero-order chi connectivity index (χ0) is 14.5. The molecule has 2 nitrogen and oxygen atoms in total. The van der Waals surface area contributed by atoms with Crippen LogP contribution in [0.15, 0.2) is 18.2 Å². The first kappa shape index (κ1) is 15.7. The number of halogens is 1. The first-order valence-corrected chi connectivity index (χ1v) is 8.26. The number of nitrogens with zero attached hydrogens (tertiary/aromatic N) is 1. The molecule has 0 spiro atoms. The van der Waals surface area contributed by atoms with Crippen LogP contribution in [0.4, 0.5) is 5.69 Å². The summed E-state index contributed by atoms with van der Waals surface area (Å²) in [7, 11) is 0. The second kappa shape index (κ2) is 7.33. The van der Waals surface area contributed by atoms with Gasteiger partial charge in [0.1, 0.15) is 0 Å². The van der Waals surface area contributed by atoms with Crippen molar-refractivity contribution in [3.8, 4) is 0 Å². The first-order valence-electron chi connectivity index (χ1n) is 7.88. The van der Waals surface area contributed by atoms with Crippen molar-refractivity contribution in [1.29, 1.82) is 0 Å². The molecule has 0 aliphatic heterocycles. The van der Waals surface area contributed by atoms with Gasteiger partial charge in [-0.2, -0.15) is 0 Å². The molecule has 1 aliphatic rings. The predicted molar refractivity (Wildman–Crippen MR) is 88.7 cm³/mol. The molecular formula is C17H27ClN2. The zero-order valence-electron chi connectivity index (χ0n) is 13.0. The number of anilines is 1. The Hall–Kier alpha value is -0.730. The Balaban J connectivity index is 2.20. The van der Waals surface area contributed by atoms with E-state index in [9.17, 15) is 0 Å². The molecule has 0 aromatic heterocycles. The molecule has 2 rings (SSSR count). The molecular weight excluding hydrogens is 268 g/mol. The summed E-state index contributed by atoms with van der Waals surface area (Å²) in [5.41, 5.74) is 2.56. The molecule has 112 valence electrons. The molecule has 3 heteroatoms. The quantitative estimate of drug-likeness (QED) is 0.712. The maximum Gasteiger partial charge on any atom is 0.0643 e. The minimum atomic E-state index is 0.487. The number of nitrogens with one attached hydrogen (secondary N) is 1. The molecule has 1 aromatic carbocycles. The van der Waals surface area contributed by atoms with Crippen LogP contribution >= 0.6 is 11.6 Å². The zero-order valence-corrected chi connectivity index (χ0v) is 13.7. The van der Waals surface area contributed by atoms with Gasteiger partial charge in [-0.1, -0.05) is 30.7 Å². The van der Waals surface area contributed by atoms with Gasteiger partial charge in [-0.05, 0) is 57.2 Å². The van der Waals surface area contributed by atoms with Gasteiger partial charge in [0, 0.05) is 19.1 Å². The second-order valence-electron chi connectivity index (χ2n) is 6.11. The van der Waals surface area contributed by atoms with Crippen LogP contribution in [0.2, 0.25) is 5.02 Å². The van der Waals surface area contributed by atoms with Crippen molar-refractivity contribution in [2.75, 3.05) is 18.0 Å². The standard InChI is InChI=1S/C17H27ClN2/c1-4-10-19-11-15-6-5-7-16(18)17(15)20(13(2)3)12-14-8-9-14/h5-7,13-14,19H,4,8-12H2,1-3H3. The Morgan fingerprint density at radius 2 is 2.10 bits per heavy atom. The SMILES string of the molecule is CCCNCc1cccc(Cl)c1N(CC1CC1)C(C)C. The van der Waals surface area contributed by atoms with Gasteiger partial charge < -0.3 is 10.2 Å². The predicted octanol–water partition coefficient (Wildman–Crippen LogP) is 4.46. The molecule has 20 heavy (non-hydrogen) atoms. The smallest absolute Gasteiger partial charge is 0.0643 e. The van der Waals surface area contributed by atoms with Gasteiger partial charge in [0.05, 0.1) is 10.7 Å². The summed E-state index contributed by atoms with van der Waals surface area (Å²) in [5.74, 6) is 0.866. The van der Waals surface area contributed by atoms with E-state index in [1.165, 1.54) is 24.1 Å². The van der Waals surface area contributed by atoms with Crippen molar-refractivity contribution in [1.82, 2.24) is 5.32 Å². The summed E-state index contributed by atoms with van der Waals surface area (Å²) in [6.45, 7) is 9.80. The first-order chi connectivity index (χ1) is 9.63. The highest BCUT2D eigenvalue weighted by Crippen LogP contribution is 2.36. The third kappa shape index (κ3) is 4.13. The normalized spacial score (nSPS) is 14.8. The lowest BCUT2D eigenvalue weighted by Crippen LogP contribution is -2.34. The summed E-state index contributed by atoms with van der Waals surface area (Å²) in [5, 5.41) is 4.38. The van der Waals surface area contributed by atoms with Crippen LogP contribution in [0.3, 0.4) is 0 Å². The van der Waals surface area contributed by atoms with Crippen LogP contribution in [0.25, 0.3) is 0 Å². The highest BCUT2D eigenvalue weighted by molar-refractivity contribution is 6.33. The molecule has 0 radical (unpaired) electrons. The van der Waals surface area contributed by atoms with Gasteiger partial charge in [0.15, 0.2) is 0 Å². The van der Waals surface area contributed by atoms with Crippen LogP contribution in [-0.4, -0.2) is 19.1 Å². The number of benzene rings is 1. The van der Waals surface area contributed by atoms with E-state index in [0.29, 0.717) is 6.04 Å². The van der Waals surface area contributed by atoms with Crippen LogP contribution < -0.4 is 10.2 Å². The Kier molecular flexibility index (Phi) is 5.74. The van der Waals surface area contributed by atoms with E-state index in [2.05, 4.69) is 43.1 Å². The van der Waals surface area contributed by atoms with Crippen molar-refractivity contribution >= 4 is 17.3 Å². The summed E-state index contributed by atoms with van der Waals surface area (Å²) >= 11 is 6.52. The molecule has 1 aromatic rings. The average molecular weight is 295 g/mol. The molecule has 0 amide bonds. The van der Waals surface area contributed by atoms with E-state index in [4.69, 9.17) is 11.6 Å². The van der Waals surface area contributed by atoms with E-state index in [1.807, 2.05) is 6.07 Å². The molecule has 1 fully saturated rings. The summed E-state index contributed by atoms with van der Waals surface area (Å²) in [4.78, 5) is 2.49. The van der Waals surface area contributed by atoms with E-state index >= 15 is 0 Å². The summed E-state index contributed by atoms with van der Waals surface area (Å²) in [6, 6.07) is 6.76. The van der Waals surface area contributed by atoms with E-state index in [-0.39, 0.29) is 0 Å². The lowest BCUT2D eigenvalue weighted by Gasteiger charge is -2.32. The minimum absolute atomic E-state index is 0.487. The lowest BCUT2D eigenvalue weighted by atomic mass is 10.1. The molecule has 0 unspecified atom stereocenters. The van der Waals surface area contributed by atoms with Crippen molar-refractivity contribution in [2.45, 2.75) is 52.6 Å². The van der Waals surface area contributed by atoms with Gasteiger partial charge in [0.2, 0.25) is 0 Å². The van der Waals surface area contributed by atoms with Gasteiger partial charge in [0.25, 0.3) is 0 Å². The lowest BCUT2D eigenvalue weighted by molar-refractivity contribution is 0.631. The Morgan fingerprint density at radius 1 is 1.35 bits per heavy atom. The van der Waals surface area contributed by atoms with Crippen molar-refractivity contribution in [3.05, 3.63) is 28.8 Å². The van der Waals surface area contributed by atoms with E-state index in [0.717, 1.165) is 37.0 Å². The maximum absolute atomic E-state index is 6.52. The highest BCUT2D eigenvalue weighted by atomic mass is 35.5. The van der Waals surface area contributed by atoms with Gasteiger partial charge >= 0.3 is 0 Å². The third-order valence-electron chi connectivity index (χ3n) is 3.87. The minimum Gasteiger partial charge on any atom is -0.367 e. The number of hydrogen-bond donors (Lipinski definition) is 1. The molecule has 0 bridgehead atoms. The number of rotatable bonds is 8. The van der Waals surface area contributed by atoms with Crippen LogP contribution in [-0.2, 0) is 6.54 Å². The van der Waals surface area contributed by atoms with Crippen LogP contribution in [0.1, 0.15) is 45.6 Å². The molecule has 1 saturated carbocycles. The molecule has 0 atom stereocenters. The highest BCUT2D eigenvalue weighted by Gasteiger charge is 2.27.